The molecular weight excluding hydrogens is 138 g/mol. The lowest BCUT2D eigenvalue weighted by molar-refractivity contribution is 0.831. The lowest BCUT2D eigenvalue weighted by Gasteiger charge is -1.90. The van der Waals surface area contributed by atoms with Crippen LogP contribution in [0.15, 0.2) is 0 Å². The second-order valence-electron chi connectivity index (χ2n) is 2.44. The third kappa shape index (κ3) is 1.13. The van der Waals surface area contributed by atoms with E-state index in [-0.39, 0.29) is 0 Å². The van der Waals surface area contributed by atoms with Crippen LogP contribution in [0.25, 0.3) is 12.3 Å². The molecule has 60 valence electrons. The van der Waals surface area contributed by atoms with Gasteiger partial charge in [0.1, 0.15) is 5.82 Å². The Balaban J connectivity index is 3.67. The van der Waals surface area contributed by atoms with Crippen molar-refractivity contribution >= 4 is 12.3 Å². The highest BCUT2D eigenvalue weighted by atomic mass is 15.0. The Hall–Kier alpha value is -1.25. The SMILES string of the molecule is C/C=c1/nc(C)n(C)/c1=C/N. The van der Waals surface area contributed by atoms with Gasteiger partial charge in [-0.3, -0.25) is 0 Å². The van der Waals surface area contributed by atoms with Crippen molar-refractivity contribution in [2.24, 2.45) is 12.8 Å². The smallest absolute Gasteiger partial charge is 0.106 e. The lowest BCUT2D eigenvalue weighted by Crippen LogP contribution is -2.29. The molecule has 0 aromatic carbocycles. The summed E-state index contributed by atoms with van der Waals surface area (Å²) in [7, 11) is 1.95. The molecule has 0 aliphatic carbocycles. The van der Waals surface area contributed by atoms with Gasteiger partial charge in [-0.1, -0.05) is 6.08 Å². The van der Waals surface area contributed by atoms with Crippen LogP contribution in [0.1, 0.15) is 12.7 Å². The summed E-state index contributed by atoms with van der Waals surface area (Å²) in [6.45, 7) is 3.91. The molecule has 0 amide bonds. The third-order valence-electron chi connectivity index (χ3n) is 1.82. The normalized spacial score (nSPS) is 14.5. The van der Waals surface area contributed by atoms with Crippen LogP contribution >= 0.6 is 0 Å². The number of imidazole rings is 1. The van der Waals surface area contributed by atoms with E-state index in [0.29, 0.717) is 0 Å². The van der Waals surface area contributed by atoms with E-state index in [0.717, 1.165) is 16.5 Å². The average molecular weight is 151 g/mol. The summed E-state index contributed by atoms with van der Waals surface area (Å²) in [5.41, 5.74) is 5.43. The number of aryl methyl sites for hydroxylation is 1. The highest BCUT2D eigenvalue weighted by Gasteiger charge is 1.95. The first-order valence-electron chi connectivity index (χ1n) is 3.58. The first kappa shape index (κ1) is 7.85. The van der Waals surface area contributed by atoms with Crippen LogP contribution in [0.4, 0.5) is 0 Å². The molecular formula is C8H13N3. The standard InChI is InChI=1S/C8H13N3/c1-4-7-8(5-9)11(3)6(2)10-7/h4-5H,9H2,1-3H3/b7-4+,8-5+. The fourth-order valence-electron chi connectivity index (χ4n) is 1.06. The monoisotopic (exact) mass is 151 g/mol. The molecule has 3 heteroatoms. The second-order valence-corrected chi connectivity index (χ2v) is 2.44. The zero-order valence-corrected chi connectivity index (χ0v) is 7.13. The molecule has 0 spiro atoms. The van der Waals surface area contributed by atoms with Gasteiger partial charge in [-0.15, -0.1) is 0 Å². The van der Waals surface area contributed by atoms with Gasteiger partial charge in [0.15, 0.2) is 0 Å². The van der Waals surface area contributed by atoms with Crippen molar-refractivity contribution in [1.82, 2.24) is 9.55 Å². The van der Waals surface area contributed by atoms with Crippen LogP contribution in [-0.2, 0) is 7.05 Å². The van der Waals surface area contributed by atoms with E-state index in [1.807, 2.05) is 31.5 Å². The van der Waals surface area contributed by atoms with E-state index in [9.17, 15) is 0 Å². The summed E-state index contributed by atoms with van der Waals surface area (Å²) < 4.78 is 1.97. The molecule has 1 aromatic rings. The zero-order valence-electron chi connectivity index (χ0n) is 7.13. The van der Waals surface area contributed by atoms with Crippen LogP contribution in [0.3, 0.4) is 0 Å². The molecule has 11 heavy (non-hydrogen) atoms. The molecule has 3 nitrogen and oxygen atoms in total. The molecule has 2 N–H and O–H groups in total. The Morgan fingerprint density at radius 3 is 2.55 bits per heavy atom. The number of nitrogens with two attached hydrogens (primary N) is 1. The summed E-state index contributed by atoms with van der Waals surface area (Å²) in [6.07, 6.45) is 3.53. The van der Waals surface area contributed by atoms with Gasteiger partial charge in [-0.05, 0) is 13.8 Å². The predicted molar refractivity (Wildman–Crippen MR) is 46.0 cm³/mol. The molecule has 0 aliphatic heterocycles. The van der Waals surface area contributed by atoms with Crippen molar-refractivity contribution in [3.05, 3.63) is 16.5 Å². The van der Waals surface area contributed by atoms with E-state index in [2.05, 4.69) is 4.98 Å². The lowest BCUT2D eigenvalue weighted by atomic mass is 10.5. The first-order chi connectivity index (χ1) is 5.20. The number of hydrogen-bond donors (Lipinski definition) is 1. The van der Waals surface area contributed by atoms with Gasteiger partial charge in [-0.2, -0.15) is 0 Å². The maximum Gasteiger partial charge on any atom is 0.106 e. The summed E-state index contributed by atoms with van der Waals surface area (Å²) in [6, 6.07) is 0. The molecule has 1 aromatic heterocycles. The Labute approximate surface area is 65.9 Å². The van der Waals surface area contributed by atoms with Crippen LogP contribution < -0.4 is 16.4 Å². The molecule has 1 rings (SSSR count). The predicted octanol–water partition coefficient (Wildman–Crippen LogP) is -0.774. The Morgan fingerprint density at radius 2 is 2.18 bits per heavy atom. The van der Waals surface area contributed by atoms with E-state index in [1.165, 1.54) is 0 Å². The number of nitrogens with zero attached hydrogens (tertiary/aromatic N) is 2. The number of rotatable bonds is 0. The summed E-state index contributed by atoms with van der Waals surface area (Å²) in [5, 5.41) is 1.93. The third-order valence-corrected chi connectivity index (χ3v) is 1.82. The van der Waals surface area contributed by atoms with Crippen molar-refractivity contribution in [3.8, 4) is 0 Å². The van der Waals surface area contributed by atoms with Crippen molar-refractivity contribution < 1.29 is 0 Å². The van der Waals surface area contributed by atoms with Crippen molar-refractivity contribution in [2.45, 2.75) is 13.8 Å². The summed E-state index contributed by atoms with van der Waals surface area (Å²) >= 11 is 0. The summed E-state index contributed by atoms with van der Waals surface area (Å²) in [5.74, 6) is 0.981. The molecule has 0 atom stereocenters. The molecule has 0 saturated heterocycles. The fraction of sp³-hybridized carbons (Fsp3) is 0.375. The van der Waals surface area contributed by atoms with E-state index in [1.54, 1.807) is 6.20 Å². The van der Waals surface area contributed by atoms with Gasteiger partial charge in [0, 0.05) is 13.2 Å². The topological polar surface area (TPSA) is 43.8 Å². The van der Waals surface area contributed by atoms with Crippen molar-refractivity contribution in [3.63, 3.8) is 0 Å². The van der Waals surface area contributed by atoms with E-state index in [4.69, 9.17) is 5.73 Å². The van der Waals surface area contributed by atoms with Gasteiger partial charge in [-0.25, -0.2) is 4.98 Å². The van der Waals surface area contributed by atoms with Crippen LogP contribution in [0, 0.1) is 6.92 Å². The zero-order chi connectivity index (χ0) is 8.43. The van der Waals surface area contributed by atoms with Gasteiger partial charge < -0.3 is 10.3 Å². The van der Waals surface area contributed by atoms with Crippen LogP contribution in [0.5, 0.6) is 0 Å². The van der Waals surface area contributed by atoms with Gasteiger partial charge in [0.05, 0.1) is 10.7 Å². The van der Waals surface area contributed by atoms with Gasteiger partial charge in [0.2, 0.25) is 0 Å². The minimum atomic E-state index is 0.951. The molecule has 1 heterocycles. The van der Waals surface area contributed by atoms with E-state index >= 15 is 0 Å². The van der Waals surface area contributed by atoms with Crippen LogP contribution in [0.2, 0.25) is 0 Å². The second kappa shape index (κ2) is 2.78. The number of hydrogen-bond acceptors (Lipinski definition) is 2. The minimum Gasteiger partial charge on any atom is -0.403 e. The minimum absolute atomic E-state index is 0.951. The maximum absolute atomic E-state index is 5.43. The van der Waals surface area contributed by atoms with Gasteiger partial charge >= 0.3 is 0 Å². The Bertz CT molecular complexity index is 359. The molecule has 0 bridgehead atoms. The van der Waals surface area contributed by atoms with Crippen molar-refractivity contribution in [2.75, 3.05) is 0 Å². The molecule has 0 saturated carbocycles. The fourth-order valence-corrected chi connectivity index (χ4v) is 1.06. The first-order valence-corrected chi connectivity index (χ1v) is 3.58. The Morgan fingerprint density at radius 1 is 1.55 bits per heavy atom. The average Bonchev–Trinajstić information content (AvgIpc) is 2.28. The Kier molecular flexibility index (Phi) is 1.98. The number of aromatic nitrogens is 2. The molecule has 0 radical (unpaired) electrons. The van der Waals surface area contributed by atoms with Gasteiger partial charge in [0.25, 0.3) is 0 Å². The van der Waals surface area contributed by atoms with E-state index < -0.39 is 0 Å². The highest BCUT2D eigenvalue weighted by molar-refractivity contribution is 5.22. The molecule has 0 unspecified atom stereocenters. The highest BCUT2D eigenvalue weighted by Crippen LogP contribution is 1.78. The largest absolute Gasteiger partial charge is 0.403 e. The maximum atomic E-state index is 5.43. The molecule has 0 fully saturated rings. The van der Waals surface area contributed by atoms with Crippen molar-refractivity contribution in [1.29, 1.82) is 0 Å². The quantitative estimate of drug-likeness (QED) is 0.529. The van der Waals surface area contributed by atoms with Crippen LogP contribution in [-0.4, -0.2) is 9.55 Å². The molecule has 0 aliphatic rings. The summed E-state index contributed by atoms with van der Waals surface area (Å²) in [4.78, 5) is 4.30.